The van der Waals surface area contributed by atoms with Crippen LogP contribution in [0.2, 0.25) is 0 Å². The van der Waals surface area contributed by atoms with Crippen molar-refractivity contribution in [3.63, 3.8) is 0 Å². The third kappa shape index (κ3) is 95.5. The van der Waals surface area contributed by atoms with Crippen LogP contribution in [-0.4, -0.2) is 136 Å². The van der Waals surface area contributed by atoms with Gasteiger partial charge in [-0.3, -0.25) is 28.8 Å². The molecule has 15 nitrogen and oxygen atoms in total. The van der Waals surface area contributed by atoms with Gasteiger partial charge in [0, 0.05) is 38.5 Å². The van der Waals surface area contributed by atoms with Crippen molar-refractivity contribution in [1.82, 2.24) is 0 Å². The van der Waals surface area contributed by atoms with Gasteiger partial charge in [0.25, 0.3) is 0 Å². The first-order valence-corrected chi connectivity index (χ1v) is 9.19. The zero-order valence-electron chi connectivity index (χ0n) is 20.2. The van der Waals surface area contributed by atoms with E-state index >= 15 is 0 Å². The van der Waals surface area contributed by atoms with E-state index in [0.717, 1.165) is 0 Å². The molecule has 0 aromatic carbocycles. The Hall–Kier alpha value is -1.17. The van der Waals surface area contributed by atoms with E-state index in [2.05, 4.69) is 0 Å². The fraction of sp³-hybridized carbons (Fsp3) is 0.667. The minimum absolute atomic E-state index is 0. The Bertz CT molecular complexity index is 439. The Morgan fingerprint density at radius 1 is 0.297 bits per heavy atom. The van der Waals surface area contributed by atoms with Crippen molar-refractivity contribution >= 4 is 105 Å². The van der Waals surface area contributed by atoms with Crippen LogP contribution in [0.25, 0.3) is 0 Å². The minimum atomic E-state index is -0.870. The van der Waals surface area contributed by atoms with Crippen LogP contribution in [0.4, 0.5) is 0 Å². The summed E-state index contributed by atoms with van der Waals surface area (Å²) in [5.41, 5.74) is 0. The van der Waals surface area contributed by atoms with E-state index < -0.39 is 35.8 Å². The molecule has 198 valence electrons. The summed E-state index contributed by atoms with van der Waals surface area (Å²) in [4.78, 5) is 59.4. The van der Waals surface area contributed by atoms with Crippen LogP contribution in [-0.2, 0) is 45.2 Å². The maximum atomic E-state index is 9.90. The number of aliphatic carboxylic acids is 6. The molecule has 19 heteroatoms. The molecule has 0 aliphatic heterocycles. The molecule has 0 fully saturated rings. The standard InChI is InChI=1S/3C6H10O4.4Al.3O/c3*7-5(8)3-1-2-4-6(9)10;;;;;;;/h3*1-4H2,(H,7,8)(H,9,10);;;;;;;/q;;;4*+3;3*-2. The molecular formula is C18H30Al4O15+6. The maximum Gasteiger partial charge on any atom is 3.00 e. The summed E-state index contributed by atoms with van der Waals surface area (Å²) in [5, 5.41) is 48.8. The number of hydrogen-bond acceptors (Lipinski definition) is 6. The molecule has 0 bridgehead atoms. The number of carbonyl (C=O) groups is 6. The first-order chi connectivity index (χ1) is 13.9. The molecule has 6 N–H and O–H groups in total. The van der Waals surface area contributed by atoms with Crippen molar-refractivity contribution in [1.29, 1.82) is 0 Å². The van der Waals surface area contributed by atoms with E-state index in [-0.39, 0.29) is 124 Å². The SMILES string of the molecule is O=C(O)CCCCC(=O)O.O=C(O)CCCCC(=O)O.O=C(O)CCCCC(=O)O.[Al+3].[Al+3].[Al+3].[Al+3].[O-2].[O-2].[O-2]. The van der Waals surface area contributed by atoms with Crippen LogP contribution in [0.5, 0.6) is 0 Å². The molecule has 0 rings (SSSR count). The van der Waals surface area contributed by atoms with Crippen LogP contribution < -0.4 is 0 Å². The molecule has 37 heavy (non-hydrogen) atoms. The van der Waals surface area contributed by atoms with E-state index in [1.54, 1.807) is 0 Å². The second-order valence-electron chi connectivity index (χ2n) is 5.98. The monoisotopic (exact) mass is 594 g/mol. The van der Waals surface area contributed by atoms with E-state index in [1.165, 1.54) is 0 Å². The van der Waals surface area contributed by atoms with Crippen LogP contribution in [0.1, 0.15) is 77.0 Å². The Morgan fingerprint density at radius 3 is 0.432 bits per heavy atom. The van der Waals surface area contributed by atoms with Crippen LogP contribution >= 0.6 is 0 Å². The molecule has 0 radical (unpaired) electrons. The average molecular weight is 594 g/mol. The third-order valence-electron chi connectivity index (χ3n) is 3.09. The zero-order valence-corrected chi connectivity index (χ0v) is 24.8. The largest absolute Gasteiger partial charge is 3.00 e. The molecule has 0 aliphatic carbocycles. The molecule has 0 unspecified atom stereocenters. The third-order valence-corrected chi connectivity index (χ3v) is 3.09. The summed E-state index contributed by atoms with van der Waals surface area (Å²) < 4.78 is 0. The molecular weight excluding hydrogens is 564 g/mol. The van der Waals surface area contributed by atoms with Crippen molar-refractivity contribution < 1.29 is 75.8 Å². The molecule has 0 aromatic rings. The molecule has 0 aliphatic rings. The van der Waals surface area contributed by atoms with Gasteiger partial charge in [0.05, 0.1) is 0 Å². The Kier molecular flexibility index (Phi) is 84.4. The van der Waals surface area contributed by atoms with Gasteiger partial charge in [-0.15, -0.1) is 0 Å². The van der Waals surface area contributed by atoms with Gasteiger partial charge in [-0.2, -0.15) is 0 Å². The maximum absolute atomic E-state index is 9.90. The predicted octanol–water partition coefficient (Wildman–Crippen LogP) is 0.268. The Morgan fingerprint density at radius 2 is 0.378 bits per heavy atom. The van der Waals surface area contributed by atoms with Gasteiger partial charge in [-0.05, 0) is 38.5 Å². The van der Waals surface area contributed by atoms with Gasteiger partial charge >= 0.3 is 105 Å². The first-order valence-electron chi connectivity index (χ1n) is 9.19. The Labute approximate surface area is 257 Å². The van der Waals surface area contributed by atoms with Gasteiger partial charge in [-0.1, -0.05) is 0 Å². The van der Waals surface area contributed by atoms with Crippen molar-refractivity contribution in [3.8, 4) is 0 Å². The van der Waals surface area contributed by atoms with Gasteiger partial charge in [0.1, 0.15) is 0 Å². The molecule has 0 amide bonds. The van der Waals surface area contributed by atoms with Gasteiger partial charge in [0.2, 0.25) is 0 Å². The summed E-state index contributed by atoms with van der Waals surface area (Å²) in [6.45, 7) is 0. The van der Waals surface area contributed by atoms with Crippen LogP contribution in [0, 0.1) is 0 Å². The minimum Gasteiger partial charge on any atom is -2.00 e. The smallest absolute Gasteiger partial charge is 2.00 e. The first kappa shape index (κ1) is 65.1. The summed E-state index contributed by atoms with van der Waals surface area (Å²) >= 11 is 0. The van der Waals surface area contributed by atoms with Crippen molar-refractivity contribution in [2.24, 2.45) is 0 Å². The summed E-state index contributed by atoms with van der Waals surface area (Å²) in [5.74, 6) is -5.22. The molecule has 0 spiro atoms. The van der Waals surface area contributed by atoms with Gasteiger partial charge in [-0.25, -0.2) is 0 Å². The summed E-state index contributed by atoms with van der Waals surface area (Å²) in [6.07, 6.45) is 3.05. The van der Waals surface area contributed by atoms with E-state index in [9.17, 15) is 28.8 Å². The van der Waals surface area contributed by atoms with Gasteiger partial charge in [0.15, 0.2) is 0 Å². The molecule has 0 saturated carbocycles. The number of rotatable bonds is 15. The Balaban J connectivity index is -0.0000000337. The topological polar surface area (TPSA) is 309 Å². The second-order valence-corrected chi connectivity index (χ2v) is 5.98. The summed E-state index contributed by atoms with van der Waals surface area (Å²) in [6, 6.07) is 0. The zero-order chi connectivity index (χ0) is 23.9. The van der Waals surface area contributed by atoms with Crippen molar-refractivity contribution in [2.45, 2.75) is 77.0 Å². The molecule has 0 atom stereocenters. The van der Waals surface area contributed by atoms with Crippen LogP contribution in [0.15, 0.2) is 0 Å². The molecule has 0 heterocycles. The molecule has 0 aromatic heterocycles. The summed E-state index contributed by atoms with van der Waals surface area (Å²) in [7, 11) is 0. The number of carboxylic acids is 6. The van der Waals surface area contributed by atoms with E-state index in [0.29, 0.717) is 38.5 Å². The fourth-order valence-electron chi connectivity index (χ4n) is 1.66. The molecule has 0 saturated heterocycles. The average Bonchev–Trinajstić information content (AvgIpc) is 2.60. The van der Waals surface area contributed by atoms with Crippen molar-refractivity contribution in [3.05, 3.63) is 0 Å². The fourth-order valence-corrected chi connectivity index (χ4v) is 1.66. The van der Waals surface area contributed by atoms with Crippen LogP contribution in [0.3, 0.4) is 0 Å². The number of carboxylic acid groups (broad SMARTS) is 6. The second kappa shape index (κ2) is 48.0. The predicted molar refractivity (Wildman–Crippen MR) is 126 cm³/mol. The van der Waals surface area contributed by atoms with E-state index in [1.807, 2.05) is 0 Å². The normalized spacial score (nSPS) is 7.46. The number of hydrogen-bond donors (Lipinski definition) is 6. The number of unbranched alkanes of at least 4 members (excludes halogenated alkanes) is 3. The van der Waals surface area contributed by atoms with Crippen molar-refractivity contribution in [2.75, 3.05) is 0 Å². The van der Waals surface area contributed by atoms with Gasteiger partial charge < -0.3 is 47.1 Å². The van der Waals surface area contributed by atoms with E-state index in [4.69, 9.17) is 30.6 Å². The quantitative estimate of drug-likeness (QED) is 0.110.